The van der Waals surface area contributed by atoms with Gasteiger partial charge in [0.15, 0.2) is 14.4 Å². The van der Waals surface area contributed by atoms with Gasteiger partial charge in [0.1, 0.15) is 43.3 Å². The number of nitrogens with one attached hydrogen (secondary N) is 1. The van der Waals surface area contributed by atoms with Gasteiger partial charge in [0, 0.05) is 35.8 Å². The van der Waals surface area contributed by atoms with E-state index < -0.39 is 93.0 Å². The summed E-state index contributed by atoms with van der Waals surface area (Å²) < 4.78 is 87.9. The van der Waals surface area contributed by atoms with Crippen molar-refractivity contribution in [1.29, 1.82) is 0 Å². The van der Waals surface area contributed by atoms with Crippen LogP contribution in [-0.4, -0.2) is 119 Å². The van der Waals surface area contributed by atoms with Crippen LogP contribution in [0, 0.1) is 0 Å². The van der Waals surface area contributed by atoms with Crippen LogP contribution in [0.1, 0.15) is 260 Å². The SMILES string of the molecule is CCCCCCCCCCCCCC(=O)O[C@H]1O[C@H](CO[Si](C)(C)C(C)(C)C)[C@@H](OP(=O)(Oc2ccccc2)Oc2ccccc2)[C@H](OC(=O)C[C@@H](CCCCCCCCCCC)OCOCC[Si](C)(C)C)[C@H]1NC(=O)C[C@@H](CCCCCCCCCCC)OCOCC[Si](C)(C)C. The van der Waals surface area contributed by atoms with Crippen LogP contribution in [0.15, 0.2) is 60.7 Å². The number of carbonyl (C=O) groups is 3. The van der Waals surface area contributed by atoms with Crippen molar-refractivity contribution in [3.8, 4) is 11.5 Å². The molecule has 3 rings (SSSR count). The molecule has 1 saturated heterocycles. The van der Waals surface area contributed by atoms with Crippen molar-refractivity contribution in [1.82, 2.24) is 5.32 Å². The molecule has 7 atom stereocenters. The molecule has 566 valence electrons. The molecule has 2 aromatic carbocycles. The molecule has 0 unspecified atom stereocenters. The number of carbonyl (C=O) groups excluding carboxylic acids is 3. The van der Waals surface area contributed by atoms with Gasteiger partial charge in [0.05, 0.1) is 31.7 Å². The summed E-state index contributed by atoms with van der Waals surface area (Å²) in [6.45, 7) is 32.0. The second kappa shape index (κ2) is 51.3. The molecule has 1 aliphatic heterocycles. The Bertz CT molecular complexity index is 2350. The molecule has 1 fully saturated rings. The highest BCUT2D eigenvalue weighted by Crippen LogP contribution is 2.53. The molecule has 2 aromatic rings. The van der Waals surface area contributed by atoms with Gasteiger partial charge in [-0.3, -0.25) is 18.9 Å². The number of ether oxygens (including phenoxy) is 7. The van der Waals surface area contributed by atoms with Crippen LogP contribution in [-0.2, 0) is 61.1 Å². The van der Waals surface area contributed by atoms with Crippen molar-refractivity contribution in [2.75, 3.05) is 33.4 Å². The van der Waals surface area contributed by atoms with E-state index in [2.05, 4.69) is 99.2 Å². The highest BCUT2D eigenvalue weighted by atomic mass is 31.2. The molecule has 0 radical (unpaired) electrons. The predicted octanol–water partition coefficient (Wildman–Crippen LogP) is 22.0. The maximum atomic E-state index is 15.9. The highest BCUT2D eigenvalue weighted by molar-refractivity contribution is 7.49. The predicted molar refractivity (Wildman–Crippen MR) is 408 cm³/mol. The minimum atomic E-state index is -4.87. The van der Waals surface area contributed by atoms with E-state index in [-0.39, 0.29) is 56.0 Å². The van der Waals surface area contributed by atoms with Crippen molar-refractivity contribution in [2.45, 2.75) is 372 Å². The van der Waals surface area contributed by atoms with Crippen LogP contribution >= 0.6 is 7.82 Å². The molecule has 0 spiro atoms. The summed E-state index contributed by atoms with van der Waals surface area (Å²) in [5.74, 6) is -1.36. The summed E-state index contributed by atoms with van der Waals surface area (Å²) in [4.78, 5) is 45.2. The number of unbranched alkanes of at least 4 members (excludes halogenated alkanes) is 26. The van der Waals surface area contributed by atoms with Gasteiger partial charge in [-0.05, 0) is 73.7 Å². The largest absolute Gasteiger partial charge is 0.588 e. The Morgan fingerprint density at radius 3 is 1.32 bits per heavy atom. The Morgan fingerprint density at radius 1 is 0.510 bits per heavy atom. The lowest BCUT2D eigenvalue weighted by Gasteiger charge is -2.46. The monoisotopic (exact) mass is 1450 g/mol. The van der Waals surface area contributed by atoms with E-state index >= 15 is 14.2 Å². The van der Waals surface area contributed by atoms with Gasteiger partial charge in [-0.1, -0.05) is 297 Å². The fraction of sp³-hybridized carbons (Fsp3) is 0.808. The summed E-state index contributed by atoms with van der Waals surface area (Å²) in [7, 11) is -10.3. The Balaban J connectivity index is 2.24. The molecule has 0 aromatic heterocycles. The van der Waals surface area contributed by atoms with Crippen molar-refractivity contribution in [3.05, 3.63) is 60.7 Å². The van der Waals surface area contributed by atoms with Crippen LogP contribution in [0.2, 0.25) is 69.5 Å². The first-order valence-electron chi connectivity index (χ1n) is 38.9. The third kappa shape index (κ3) is 42.6. The maximum absolute atomic E-state index is 15.9. The van der Waals surface area contributed by atoms with Gasteiger partial charge >= 0.3 is 19.8 Å². The first-order chi connectivity index (χ1) is 46.8. The van der Waals surface area contributed by atoms with E-state index in [9.17, 15) is 4.79 Å². The van der Waals surface area contributed by atoms with Crippen LogP contribution in [0.3, 0.4) is 0 Å². The fourth-order valence-electron chi connectivity index (χ4n) is 11.5. The lowest BCUT2D eigenvalue weighted by Crippen LogP contribution is -2.67. The summed E-state index contributed by atoms with van der Waals surface area (Å²) in [5, 5.41) is 2.90. The molecule has 0 aliphatic carbocycles. The molecule has 1 aliphatic rings. The van der Waals surface area contributed by atoms with Gasteiger partial charge < -0.3 is 51.9 Å². The number of phosphoric acid groups is 1. The normalized spacial score (nSPS) is 17.7. The fourth-order valence-corrected chi connectivity index (χ4v) is 15.4. The van der Waals surface area contributed by atoms with Gasteiger partial charge in [0.2, 0.25) is 12.2 Å². The smallest absolute Gasteiger partial charge is 0.457 e. The van der Waals surface area contributed by atoms with Gasteiger partial charge in [-0.2, -0.15) is 0 Å². The Hall–Kier alpha value is -2.95. The van der Waals surface area contributed by atoms with E-state index in [1.807, 2.05) is 0 Å². The number of benzene rings is 2. The average molecular weight is 1450 g/mol. The number of amides is 1. The van der Waals surface area contributed by atoms with Crippen molar-refractivity contribution < 1.29 is 70.1 Å². The number of hydrogen-bond acceptors (Lipinski definition) is 15. The number of rotatable bonds is 60. The minimum Gasteiger partial charge on any atom is -0.457 e. The second-order valence-electron chi connectivity index (χ2n) is 31.7. The molecular formula is C78H142NO15PSi3. The topological polar surface area (TPSA) is 182 Å². The number of esters is 2. The van der Waals surface area contributed by atoms with Gasteiger partial charge in [0.25, 0.3) is 0 Å². The minimum absolute atomic E-state index is 0.00592. The van der Waals surface area contributed by atoms with Crippen LogP contribution in [0.5, 0.6) is 11.5 Å². The molecular weight excluding hydrogens is 1310 g/mol. The standard InChI is InChI=1S/C78H142NO15PSi3/c1-15-18-21-24-27-30-31-34-37-40-49-56-72(81)91-77-74(79-71(80)61-68(86-64-84-57-59-96(7,8)9)54-43-38-35-32-28-25-22-19-16-2)76(90-73(82)62-69(87-65-85-58-60-97(10,11)12)55-44-39-36-33-29-26-23-20-17-3)75(70(89-77)63-88-98(13,14)78(4,5)6)94-95(83,92-66-50-45-41-46-51-66)93-67-52-47-42-48-53-67/h41-42,45-48,50-53,68-70,74-77H,15-40,43-44,49,54-65H2,1-14H3,(H,79,80)/t68-,69-,70-,74-,75-,76-,77-/m1/s1. The van der Waals surface area contributed by atoms with Crippen molar-refractivity contribution in [2.24, 2.45) is 0 Å². The Labute approximate surface area is 600 Å². The summed E-state index contributed by atoms with van der Waals surface area (Å²) in [6, 6.07) is 17.6. The summed E-state index contributed by atoms with van der Waals surface area (Å²) in [5.41, 5.74) is 0. The van der Waals surface area contributed by atoms with E-state index in [1.165, 1.54) is 103 Å². The number of para-hydroxylation sites is 2. The molecule has 1 amide bonds. The van der Waals surface area contributed by atoms with Crippen molar-refractivity contribution >= 4 is 50.1 Å². The molecule has 98 heavy (non-hydrogen) atoms. The third-order valence-electron chi connectivity index (χ3n) is 18.9. The van der Waals surface area contributed by atoms with Crippen LogP contribution < -0.4 is 14.4 Å². The van der Waals surface area contributed by atoms with Crippen molar-refractivity contribution in [3.63, 3.8) is 0 Å². The molecule has 1 heterocycles. The van der Waals surface area contributed by atoms with Crippen LogP contribution in [0.25, 0.3) is 0 Å². The van der Waals surface area contributed by atoms with E-state index in [0.717, 1.165) is 89.1 Å². The molecule has 1 N–H and O–H groups in total. The second-order valence-corrected chi connectivity index (χ2v) is 49.2. The zero-order chi connectivity index (χ0) is 72.0. The molecule has 16 nitrogen and oxygen atoms in total. The lowest BCUT2D eigenvalue weighted by molar-refractivity contribution is -0.264. The van der Waals surface area contributed by atoms with E-state index in [0.29, 0.717) is 32.5 Å². The molecule has 0 saturated carbocycles. The summed E-state index contributed by atoms with van der Waals surface area (Å²) >= 11 is 0. The quantitative estimate of drug-likeness (QED) is 0.0217. The lowest BCUT2D eigenvalue weighted by atomic mass is 9.95. The number of phosphoric ester groups is 1. The van der Waals surface area contributed by atoms with Crippen LogP contribution in [0.4, 0.5) is 0 Å². The maximum Gasteiger partial charge on any atom is 0.588 e. The zero-order valence-electron chi connectivity index (χ0n) is 64.4. The third-order valence-corrected chi connectivity index (χ3v) is 28.2. The first kappa shape index (κ1) is 89.3. The first-order valence-corrected chi connectivity index (χ1v) is 50.7. The molecule has 0 bridgehead atoms. The zero-order valence-corrected chi connectivity index (χ0v) is 68.3. The number of hydrogen-bond donors (Lipinski definition) is 1. The Kier molecular flexibility index (Phi) is 46.7. The van der Waals surface area contributed by atoms with E-state index in [4.69, 9.17) is 51.2 Å². The highest BCUT2D eigenvalue weighted by Gasteiger charge is 2.55. The summed E-state index contributed by atoms with van der Waals surface area (Å²) in [6.07, 6.45) is 26.4. The van der Waals surface area contributed by atoms with Gasteiger partial charge in [-0.25, -0.2) is 4.57 Å². The Morgan fingerprint density at radius 2 is 0.908 bits per heavy atom. The van der Waals surface area contributed by atoms with Gasteiger partial charge in [-0.15, -0.1) is 0 Å². The van der Waals surface area contributed by atoms with E-state index in [1.54, 1.807) is 60.7 Å². The average Bonchev–Trinajstić information content (AvgIpc) is 0.769. The molecule has 20 heteroatoms.